The number of amides is 2. The van der Waals surface area contributed by atoms with Gasteiger partial charge in [0.05, 0.1) is 47.1 Å². The number of hydrogen-bond donors (Lipinski definition) is 2. The van der Waals surface area contributed by atoms with Crippen molar-refractivity contribution in [3.05, 3.63) is 64.1 Å². The molecule has 6 rings (SSSR count). The van der Waals surface area contributed by atoms with E-state index in [4.69, 9.17) is 25.8 Å². The number of carbonyl (C=O) groups excluding carboxylic acids is 1. The zero-order valence-electron chi connectivity index (χ0n) is 22.8. The van der Waals surface area contributed by atoms with Crippen LogP contribution < -0.4 is 20.1 Å². The molecule has 2 aromatic carbocycles. The lowest BCUT2D eigenvalue weighted by Gasteiger charge is -2.47. The van der Waals surface area contributed by atoms with Crippen molar-refractivity contribution < 1.29 is 19.0 Å². The highest BCUT2D eigenvalue weighted by molar-refractivity contribution is 7.08. The number of nitrogens with one attached hydrogen (secondary N) is 2. The third-order valence-electron chi connectivity index (χ3n) is 7.69. The van der Waals surface area contributed by atoms with Gasteiger partial charge in [0.15, 0.2) is 0 Å². The summed E-state index contributed by atoms with van der Waals surface area (Å²) in [5, 5.41) is 10.4. The fourth-order valence-electron chi connectivity index (χ4n) is 5.20. The Balaban J connectivity index is 1.05. The summed E-state index contributed by atoms with van der Waals surface area (Å²) in [6.07, 6.45) is 4.92. The molecule has 41 heavy (non-hydrogen) atoms. The van der Waals surface area contributed by atoms with E-state index in [0.717, 1.165) is 67.2 Å². The van der Waals surface area contributed by atoms with E-state index < -0.39 is 0 Å². The van der Waals surface area contributed by atoms with E-state index in [1.807, 2.05) is 35.9 Å². The predicted octanol–water partition coefficient (Wildman–Crippen LogP) is 6.97. The Kier molecular flexibility index (Phi) is 8.25. The zero-order chi connectivity index (χ0) is 28.2. The Bertz CT molecular complexity index is 1520. The van der Waals surface area contributed by atoms with Crippen LogP contribution >= 0.6 is 22.9 Å². The summed E-state index contributed by atoms with van der Waals surface area (Å²) >= 11 is 7.94. The number of nitrogens with zero attached hydrogens (tertiary/aromatic N) is 3. The summed E-state index contributed by atoms with van der Waals surface area (Å²) < 4.78 is 17.7. The Hall–Kier alpha value is -3.44. The normalized spacial score (nSPS) is 16.3. The average Bonchev–Trinajstić information content (AvgIpc) is 3.45. The number of carbonyl (C=O) groups is 1. The zero-order valence-corrected chi connectivity index (χ0v) is 24.4. The van der Waals surface area contributed by atoms with Crippen molar-refractivity contribution in [3.8, 4) is 17.4 Å². The largest absolute Gasteiger partial charge is 0.493 e. The molecule has 2 aliphatic heterocycles. The van der Waals surface area contributed by atoms with Crippen LogP contribution in [-0.2, 0) is 4.74 Å². The molecule has 2 amide bonds. The predicted molar refractivity (Wildman–Crippen MR) is 162 cm³/mol. The Morgan fingerprint density at radius 2 is 2.00 bits per heavy atom. The van der Waals surface area contributed by atoms with Crippen LogP contribution in [0.2, 0.25) is 5.02 Å². The molecule has 0 saturated carbocycles. The monoisotopic (exact) mass is 593 g/mol. The van der Waals surface area contributed by atoms with E-state index >= 15 is 0 Å². The van der Waals surface area contributed by atoms with Gasteiger partial charge in [-0.3, -0.25) is 0 Å². The molecule has 9 nitrogen and oxygen atoms in total. The van der Waals surface area contributed by atoms with Gasteiger partial charge in [-0.2, -0.15) is 11.3 Å². The van der Waals surface area contributed by atoms with Crippen molar-refractivity contribution in [2.45, 2.75) is 26.2 Å². The Labute approximate surface area is 247 Å². The molecule has 2 fully saturated rings. The van der Waals surface area contributed by atoms with E-state index in [2.05, 4.69) is 25.5 Å². The molecule has 0 atom stereocenters. The fourth-order valence-corrected chi connectivity index (χ4v) is 6.00. The highest BCUT2D eigenvalue weighted by Gasteiger charge is 2.40. The average molecular weight is 594 g/mol. The first kappa shape index (κ1) is 27.7. The number of ether oxygens (including phenoxy) is 3. The number of thiophene rings is 1. The maximum Gasteiger partial charge on any atom is 0.323 e. The first-order valence-electron chi connectivity index (χ1n) is 13.7. The molecule has 2 aliphatic rings. The number of halogens is 1. The number of aromatic nitrogens is 2. The van der Waals surface area contributed by atoms with E-state index in [-0.39, 0.29) is 6.03 Å². The number of piperidine rings is 1. The topological polar surface area (TPSA) is 97.8 Å². The first-order valence-corrected chi connectivity index (χ1v) is 15.0. The number of hydrogen-bond acceptors (Lipinski definition) is 8. The molecule has 2 aromatic heterocycles. The van der Waals surface area contributed by atoms with E-state index in [0.29, 0.717) is 34.4 Å². The molecule has 0 unspecified atom stereocenters. The molecule has 0 radical (unpaired) electrons. The van der Waals surface area contributed by atoms with Crippen LogP contribution in [0, 0.1) is 12.3 Å². The number of anilines is 2. The van der Waals surface area contributed by atoms with Crippen molar-refractivity contribution >= 4 is 51.2 Å². The van der Waals surface area contributed by atoms with Crippen LogP contribution in [0.25, 0.3) is 10.9 Å². The minimum absolute atomic E-state index is 0.342. The number of rotatable bonds is 9. The van der Waals surface area contributed by atoms with Gasteiger partial charge in [-0.25, -0.2) is 14.8 Å². The van der Waals surface area contributed by atoms with Crippen LogP contribution in [0.1, 0.15) is 24.8 Å². The van der Waals surface area contributed by atoms with Crippen molar-refractivity contribution in [1.82, 2.24) is 14.9 Å². The van der Waals surface area contributed by atoms with Gasteiger partial charge in [0.1, 0.15) is 17.8 Å². The van der Waals surface area contributed by atoms with Gasteiger partial charge >= 0.3 is 6.03 Å². The summed E-state index contributed by atoms with van der Waals surface area (Å²) in [5.74, 6) is 1.71. The third kappa shape index (κ3) is 6.56. The van der Waals surface area contributed by atoms with Gasteiger partial charge in [-0.05, 0) is 74.5 Å². The summed E-state index contributed by atoms with van der Waals surface area (Å²) in [5.41, 5.74) is 3.37. The van der Waals surface area contributed by atoms with Crippen LogP contribution in [-0.4, -0.2) is 60.4 Å². The molecule has 11 heteroatoms. The molecule has 2 N–H and O–H groups in total. The summed E-state index contributed by atoms with van der Waals surface area (Å²) in [7, 11) is 0. The Morgan fingerprint density at radius 1 is 1.15 bits per heavy atom. The maximum absolute atomic E-state index is 12.3. The molecule has 214 valence electrons. The molecule has 2 saturated heterocycles. The van der Waals surface area contributed by atoms with Gasteiger partial charge in [-0.1, -0.05) is 11.6 Å². The number of likely N-dealkylation sites (tertiary alicyclic amines) is 1. The summed E-state index contributed by atoms with van der Waals surface area (Å²) in [4.78, 5) is 23.6. The maximum atomic E-state index is 12.3. The van der Waals surface area contributed by atoms with Gasteiger partial charge in [0.25, 0.3) is 0 Å². The third-order valence-corrected chi connectivity index (χ3v) is 8.68. The van der Waals surface area contributed by atoms with Crippen molar-refractivity contribution in [2.75, 3.05) is 50.1 Å². The summed E-state index contributed by atoms with van der Waals surface area (Å²) in [6.45, 7) is 7.87. The van der Waals surface area contributed by atoms with E-state index in [9.17, 15) is 4.79 Å². The lowest BCUT2D eigenvalue weighted by Crippen LogP contribution is -2.51. The second kappa shape index (κ2) is 12.2. The SMILES string of the molecule is Cc1cc2c(Oc3ccc(NC(=O)Nc4ccsc4)c(Cl)c3)ncnc2cc1OCCCN1CCC2(CC1)COC2. The highest BCUT2D eigenvalue weighted by atomic mass is 35.5. The first-order chi connectivity index (χ1) is 20.0. The van der Waals surface area contributed by atoms with Gasteiger partial charge in [0, 0.05) is 29.5 Å². The number of urea groups is 1. The minimum atomic E-state index is -0.377. The second-order valence-electron chi connectivity index (χ2n) is 10.7. The molecule has 0 bridgehead atoms. The lowest BCUT2D eigenvalue weighted by molar-refractivity contribution is -0.139. The lowest BCUT2D eigenvalue weighted by atomic mass is 9.77. The van der Waals surface area contributed by atoms with Crippen molar-refractivity contribution in [2.24, 2.45) is 5.41 Å². The van der Waals surface area contributed by atoms with Gasteiger partial charge < -0.3 is 29.7 Å². The van der Waals surface area contributed by atoms with Crippen LogP contribution in [0.3, 0.4) is 0 Å². The van der Waals surface area contributed by atoms with E-state index in [1.165, 1.54) is 30.5 Å². The standard InChI is InChI=1S/C30H32ClN5O4S/c1-20-13-23-26(15-27(20)39-11-2-8-36-9-6-30(7-10-36)17-38-18-30)32-19-33-28(23)40-22-3-4-25(24(31)14-22)35-29(37)34-21-5-12-41-16-21/h3-5,12-16,19H,2,6-11,17-18H2,1H3,(H2,34,35,37). The molecule has 4 heterocycles. The van der Waals surface area contributed by atoms with Crippen LogP contribution in [0.5, 0.6) is 17.4 Å². The van der Waals surface area contributed by atoms with E-state index in [1.54, 1.807) is 18.2 Å². The van der Waals surface area contributed by atoms with Crippen LogP contribution in [0.15, 0.2) is 53.5 Å². The van der Waals surface area contributed by atoms with Crippen LogP contribution in [0.4, 0.5) is 16.2 Å². The van der Waals surface area contributed by atoms with Gasteiger partial charge in [0.2, 0.25) is 5.88 Å². The number of aryl methyl sites for hydroxylation is 1. The minimum Gasteiger partial charge on any atom is -0.493 e. The highest BCUT2D eigenvalue weighted by Crippen LogP contribution is 2.38. The van der Waals surface area contributed by atoms with Gasteiger partial charge in [-0.15, -0.1) is 0 Å². The molecule has 0 aliphatic carbocycles. The molecular weight excluding hydrogens is 562 g/mol. The second-order valence-corrected chi connectivity index (χ2v) is 11.9. The molecule has 4 aromatic rings. The van der Waals surface area contributed by atoms with Crippen molar-refractivity contribution in [1.29, 1.82) is 0 Å². The Morgan fingerprint density at radius 3 is 2.73 bits per heavy atom. The summed E-state index contributed by atoms with van der Waals surface area (Å²) in [6, 6.07) is 10.4. The molecular formula is C30H32ClN5O4S. The molecule has 1 spiro atoms. The smallest absolute Gasteiger partial charge is 0.323 e. The fraction of sp³-hybridized carbons (Fsp3) is 0.367. The quantitative estimate of drug-likeness (QED) is 0.202. The van der Waals surface area contributed by atoms with Crippen molar-refractivity contribution in [3.63, 3.8) is 0 Å². The number of fused-ring (bicyclic) bond motifs is 1. The number of benzene rings is 2.